The van der Waals surface area contributed by atoms with Gasteiger partial charge in [-0.3, -0.25) is 14.5 Å². The maximum atomic E-state index is 12.3. The summed E-state index contributed by atoms with van der Waals surface area (Å²) in [6.45, 7) is 6.38. The number of hydrogen-bond acceptors (Lipinski definition) is 4. The molecule has 0 radical (unpaired) electrons. The molecule has 0 saturated carbocycles. The molecule has 0 aliphatic carbocycles. The molecular formula is C16H32Cl2N4O2. The summed E-state index contributed by atoms with van der Waals surface area (Å²) in [6, 6.07) is 0. The Morgan fingerprint density at radius 1 is 0.833 bits per heavy atom. The van der Waals surface area contributed by atoms with Crippen LogP contribution in [0, 0.1) is 0 Å². The van der Waals surface area contributed by atoms with E-state index in [1.807, 2.05) is 16.8 Å². The van der Waals surface area contributed by atoms with Crippen molar-refractivity contribution in [3.8, 4) is 0 Å². The van der Waals surface area contributed by atoms with Crippen molar-refractivity contribution in [3.63, 3.8) is 0 Å². The minimum atomic E-state index is 0. The van der Waals surface area contributed by atoms with Gasteiger partial charge in [0.15, 0.2) is 0 Å². The van der Waals surface area contributed by atoms with Gasteiger partial charge in [0.1, 0.15) is 0 Å². The summed E-state index contributed by atoms with van der Waals surface area (Å²) in [6.07, 6.45) is 5.04. The van der Waals surface area contributed by atoms with Crippen LogP contribution in [0.25, 0.3) is 0 Å². The minimum Gasteiger partial charge on any atom is -0.342 e. The fourth-order valence-electron chi connectivity index (χ4n) is 3.16. The van der Waals surface area contributed by atoms with Gasteiger partial charge in [-0.2, -0.15) is 0 Å². The summed E-state index contributed by atoms with van der Waals surface area (Å²) in [5.41, 5.74) is 0. The van der Waals surface area contributed by atoms with E-state index in [0.29, 0.717) is 13.0 Å². The highest BCUT2D eigenvalue weighted by atomic mass is 35.5. The Morgan fingerprint density at radius 3 is 2.00 bits per heavy atom. The molecule has 1 N–H and O–H groups in total. The normalized spacial score (nSPS) is 18.5. The molecule has 0 unspecified atom stereocenters. The molecule has 24 heavy (non-hydrogen) atoms. The van der Waals surface area contributed by atoms with E-state index in [4.69, 9.17) is 0 Å². The first-order valence-corrected chi connectivity index (χ1v) is 8.63. The lowest BCUT2D eigenvalue weighted by Gasteiger charge is -2.36. The van der Waals surface area contributed by atoms with Gasteiger partial charge in [0.2, 0.25) is 11.8 Å². The van der Waals surface area contributed by atoms with Crippen LogP contribution in [-0.4, -0.2) is 85.9 Å². The number of piperazine rings is 1. The van der Waals surface area contributed by atoms with Crippen LogP contribution < -0.4 is 5.32 Å². The topological polar surface area (TPSA) is 55.9 Å². The average Bonchev–Trinajstić information content (AvgIpc) is 2.56. The lowest BCUT2D eigenvalue weighted by molar-refractivity contribution is -0.135. The van der Waals surface area contributed by atoms with Crippen LogP contribution in [0.4, 0.5) is 0 Å². The first kappa shape index (κ1) is 23.4. The van der Waals surface area contributed by atoms with E-state index < -0.39 is 0 Å². The number of amides is 2. The highest BCUT2D eigenvalue weighted by molar-refractivity contribution is 5.85. The number of piperidine rings is 1. The van der Waals surface area contributed by atoms with Gasteiger partial charge in [-0.15, -0.1) is 24.8 Å². The van der Waals surface area contributed by atoms with Crippen molar-refractivity contribution in [1.82, 2.24) is 20.0 Å². The van der Waals surface area contributed by atoms with Crippen LogP contribution in [-0.2, 0) is 9.59 Å². The zero-order chi connectivity index (χ0) is 15.8. The summed E-state index contributed by atoms with van der Waals surface area (Å²) in [7, 11) is 1.91. The molecule has 0 aromatic heterocycles. The van der Waals surface area contributed by atoms with E-state index in [0.717, 1.165) is 65.1 Å². The molecule has 0 aromatic rings. The molecule has 2 amide bonds. The van der Waals surface area contributed by atoms with Gasteiger partial charge in [0.05, 0.1) is 6.54 Å². The van der Waals surface area contributed by atoms with Gasteiger partial charge in [0.25, 0.3) is 0 Å². The third-order valence-electron chi connectivity index (χ3n) is 4.61. The fourth-order valence-corrected chi connectivity index (χ4v) is 3.16. The molecule has 6 nitrogen and oxygen atoms in total. The van der Waals surface area contributed by atoms with Crippen molar-refractivity contribution in [3.05, 3.63) is 0 Å². The average molecular weight is 383 g/mol. The van der Waals surface area contributed by atoms with Crippen LogP contribution in [0.3, 0.4) is 0 Å². The Kier molecular flexibility index (Phi) is 12.5. The smallest absolute Gasteiger partial charge is 0.236 e. The van der Waals surface area contributed by atoms with E-state index in [1.165, 1.54) is 6.42 Å². The molecule has 2 fully saturated rings. The van der Waals surface area contributed by atoms with Gasteiger partial charge in [-0.05, 0) is 39.3 Å². The molecular weight excluding hydrogens is 351 g/mol. The first-order valence-electron chi connectivity index (χ1n) is 8.63. The van der Waals surface area contributed by atoms with E-state index >= 15 is 0 Å². The molecule has 2 heterocycles. The summed E-state index contributed by atoms with van der Waals surface area (Å²) >= 11 is 0. The molecule has 2 rings (SSSR count). The molecule has 2 saturated heterocycles. The van der Waals surface area contributed by atoms with E-state index in [-0.39, 0.29) is 36.6 Å². The van der Waals surface area contributed by atoms with Gasteiger partial charge >= 0.3 is 0 Å². The molecule has 0 bridgehead atoms. The molecule has 0 atom stereocenters. The van der Waals surface area contributed by atoms with Crippen molar-refractivity contribution in [2.75, 3.05) is 59.4 Å². The third-order valence-corrected chi connectivity index (χ3v) is 4.61. The van der Waals surface area contributed by atoms with Gasteiger partial charge in [-0.1, -0.05) is 0 Å². The van der Waals surface area contributed by atoms with E-state index in [2.05, 4.69) is 10.2 Å². The summed E-state index contributed by atoms with van der Waals surface area (Å²) in [4.78, 5) is 30.4. The first-order chi connectivity index (χ1) is 10.7. The van der Waals surface area contributed by atoms with Crippen molar-refractivity contribution in [1.29, 1.82) is 0 Å². The van der Waals surface area contributed by atoms with Gasteiger partial charge in [-0.25, -0.2) is 0 Å². The van der Waals surface area contributed by atoms with Gasteiger partial charge in [0, 0.05) is 45.7 Å². The molecule has 2 aliphatic rings. The highest BCUT2D eigenvalue weighted by Crippen LogP contribution is 2.10. The van der Waals surface area contributed by atoms with Crippen molar-refractivity contribution >= 4 is 36.6 Å². The number of halogens is 2. The zero-order valence-electron chi connectivity index (χ0n) is 14.7. The van der Waals surface area contributed by atoms with Crippen LogP contribution in [0.15, 0.2) is 0 Å². The highest BCUT2D eigenvalue weighted by Gasteiger charge is 2.24. The maximum absolute atomic E-state index is 12.3. The number of carbonyl (C=O) groups is 2. The number of rotatable bonds is 6. The third kappa shape index (κ3) is 7.55. The summed E-state index contributed by atoms with van der Waals surface area (Å²) < 4.78 is 0. The largest absolute Gasteiger partial charge is 0.342 e. The Labute approximate surface area is 158 Å². The lowest BCUT2D eigenvalue weighted by Crippen LogP contribution is -2.52. The van der Waals surface area contributed by atoms with Crippen LogP contribution in [0.2, 0.25) is 0 Å². The number of likely N-dealkylation sites (tertiary alicyclic amines) is 1. The Bertz CT molecular complexity index is 371. The molecule has 0 aromatic carbocycles. The standard InChI is InChI=1S/C16H30N4O2.2ClH/c1-17-7-5-6-15(21)20-12-10-18(11-13-20)14-16(22)19-8-3-2-4-9-19;;/h17H,2-14H2,1H3;2*1H. The number of hydrogen-bond donors (Lipinski definition) is 1. The van der Waals surface area contributed by atoms with Crippen LogP contribution in [0.5, 0.6) is 0 Å². The second-order valence-corrected chi connectivity index (χ2v) is 6.31. The maximum Gasteiger partial charge on any atom is 0.236 e. The number of nitrogens with zero attached hydrogens (tertiary/aromatic N) is 3. The van der Waals surface area contributed by atoms with E-state index in [1.54, 1.807) is 0 Å². The van der Waals surface area contributed by atoms with Crippen LogP contribution >= 0.6 is 24.8 Å². The van der Waals surface area contributed by atoms with Gasteiger partial charge < -0.3 is 15.1 Å². The predicted molar refractivity (Wildman–Crippen MR) is 101 cm³/mol. The fraction of sp³-hybridized carbons (Fsp3) is 0.875. The molecule has 142 valence electrons. The second-order valence-electron chi connectivity index (χ2n) is 6.31. The minimum absolute atomic E-state index is 0. The zero-order valence-corrected chi connectivity index (χ0v) is 16.3. The van der Waals surface area contributed by atoms with Crippen molar-refractivity contribution < 1.29 is 9.59 Å². The predicted octanol–water partition coefficient (Wildman–Crippen LogP) is 0.986. The lowest BCUT2D eigenvalue weighted by atomic mass is 10.1. The van der Waals surface area contributed by atoms with Crippen molar-refractivity contribution in [2.24, 2.45) is 0 Å². The monoisotopic (exact) mass is 382 g/mol. The van der Waals surface area contributed by atoms with Crippen molar-refractivity contribution in [2.45, 2.75) is 32.1 Å². The summed E-state index contributed by atoms with van der Waals surface area (Å²) in [5, 5.41) is 3.06. The number of carbonyl (C=O) groups excluding carboxylic acids is 2. The SMILES string of the molecule is CNCCCC(=O)N1CCN(CC(=O)N2CCCCC2)CC1.Cl.Cl. The molecule has 0 spiro atoms. The Balaban J connectivity index is 0.00000264. The Hall–Kier alpha value is -0.560. The second kappa shape index (κ2) is 12.8. The quantitative estimate of drug-likeness (QED) is 0.695. The molecule has 2 aliphatic heterocycles. The molecule has 8 heteroatoms. The van der Waals surface area contributed by atoms with E-state index in [9.17, 15) is 9.59 Å². The summed E-state index contributed by atoms with van der Waals surface area (Å²) in [5.74, 6) is 0.505. The number of nitrogens with one attached hydrogen (secondary N) is 1. The Morgan fingerprint density at radius 2 is 1.42 bits per heavy atom. The van der Waals surface area contributed by atoms with Crippen LogP contribution in [0.1, 0.15) is 32.1 Å².